The number of halogens is 1. The van der Waals surface area contributed by atoms with Crippen molar-refractivity contribution in [3.05, 3.63) is 34.3 Å². The molecule has 84 valence electrons. The minimum absolute atomic E-state index is 0.00592. The summed E-state index contributed by atoms with van der Waals surface area (Å²) in [7, 11) is 0. The molecule has 0 bridgehead atoms. The number of alkyl halides is 1. The van der Waals surface area contributed by atoms with Crippen LogP contribution in [-0.4, -0.2) is 16.6 Å². The number of oxazole rings is 1. The Morgan fingerprint density at radius 2 is 2.25 bits per heavy atom. The average Bonchev–Trinajstić information content (AvgIpc) is 2.64. The smallest absolute Gasteiger partial charge is 0.408 e. The van der Waals surface area contributed by atoms with E-state index in [1.807, 2.05) is 0 Å². The molecule has 0 atom stereocenters. The number of H-pyrrole nitrogens is 1. The molecule has 0 unspecified atom stereocenters. The van der Waals surface area contributed by atoms with Crippen LogP contribution in [0.4, 0.5) is 0 Å². The second-order valence-electron chi connectivity index (χ2n) is 3.44. The Labute approximate surface area is 96.2 Å². The molecular formula is C11H10ClNO3. The largest absolute Gasteiger partial charge is 0.417 e. The van der Waals surface area contributed by atoms with Gasteiger partial charge in [-0.1, -0.05) is 0 Å². The summed E-state index contributed by atoms with van der Waals surface area (Å²) in [4.78, 5) is 25.1. The van der Waals surface area contributed by atoms with Crippen LogP contribution in [0.5, 0.6) is 0 Å². The summed E-state index contributed by atoms with van der Waals surface area (Å²) in [5, 5.41) is 0. The Bertz CT molecular complexity index is 570. The van der Waals surface area contributed by atoms with E-state index in [2.05, 4.69) is 4.98 Å². The van der Waals surface area contributed by atoms with Crippen molar-refractivity contribution in [3.63, 3.8) is 0 Å². The second-order valence-corrected chi connectivity index (χ2v) is 3.82. The van der Waals surface area contributed by atoms with E-state index in [1.54, 1.807) is 18.2 Å². The molecule has 16 heavy (non-hydrogen) atoms. The van der Waals surface area contributed by atoms with Crippen LogP contribution >= 0.6 is 11.6 Å². The van der Waals surface area contributed by atoms with Gasteiger partial charge in [0.2, 0.25) is 0 Å². The van der Waals surface area contributed by atoms with E-state index < -0.39 is 5.76 Å². The molecule has 0 radical (unpaired) electrons. The highest BCUT2D eigenvalue weighted by atomic mass is 35.5. The molecule has 1 N–H and O–H groups in total. The first kappa shape index (κ1) is 11.0. The summed E-state index contributed by atoms with van der Waals surface area (Å²) in [6.07, 6.45) is 1.05. The lowest BCUT2D eigenvalue weighted by molar-refractivity contribution is 0.0982. The molecule has 1 aromatic heterocycles. The first-order valence-electron chi connectivity index (χ1n) is 4.93. The van der Waals surface area contributed by atoms with Crippen molar-refractivity contribution < 1.29 is 9.21 Å². The predicted molar refractivity (Wildman–Crippen MR) is 61.1 cm³/mol. The van der Waals surface area contributed by atoms with Crippen molar-refractivity contribution in [1.82, 2.24) is 4.98 Å². The van der Waals surface area contributed by atoms with Crippen molar-refractivity contribution in [2.24, 2.45) is 0 Å². The van der Waals surface area contributed by atoms with Gasteiger partial charge in [0.05, 0.1) is 5.52 Å². The molecule has 0 aliphatic carbocycles. The van der Waals surface area contributed by atoms with Gasteiger partial charge in [-0.05, 0) is 24.6 Å². The Hall–Kier alpha value is -1.55. The summed E-state index contributed by atoms with van der Waals surface area (Å²) >= 11 is 5.51. The number of Topliss-reactive ketones (excluding diaryl/α,β-unsaturated/α-hetero) is 1. The first-order chi connectivity index (χ1) is 7.70. The van der Waals surface area contributed by atoms with E-state index >= 15 is 0 Å². The third kappa shape index (κ3) is 2.17. The number of rotatable bonds is 4. The van der Waals surface area contributed by atoms with Gasteiger partial charge in [-0.2, -0.15) is 0 Å². The van der Waals surface area contributed by atoms with E-state index in [0.717, 1.165) is 0 Å². The van der Waals surface area contributed by atoms with Gasteiger partial charge in [-0.3, -0.25) is 9.78 Å². The molecule has 0 aliphatic heterocycles. The van der Waals surface area contributed by atoms with Crippen LogP contribution in [0.2, 0.25) is 0 Å². The Kier molecular flexibility index (Phi) is 3.10. The van der Waals surface area contributed by atoms with Crippen molar-refractivity contribution in [2.45, 2.75) is 12.8 Å². The standard InChI is InChI=1S/C11H10ClNO3/c12-5-1-2-9(14)7-3-4-8-10(6-7)16-11(15)13-8/h3-4,6H,1-2,5H2,(H,13,15). The maximum atomic E-state index is 11.7. The van der Waals surface area contributed by atoms with Crippen LogP contribution in [-0.2, 0) is 0 Å². The number of aromatic nitrogens is 1. The van der Waals surface area contributed by atoms with Crippen molar-refractivity contribution in [3.8, 4) is 0 Å². The van der Waals surface area contributed by atoms with Crippen LogP contribution in [0.1, 0.15) is 23.2 Å². The molecule has 5 heteroatoms. The highest BCUT2D eigenvalue weighted by Crippen LogP contribution is 2.14. The third-order valence-corrected chi connectivity index (χ3v) is 2.55. The summed E-state index contributed by atoms with van der Waals surface area (Å²) in [6, 6.07) is 4.91. The fraction of sp³-hybridized carbons (Fsp3) is 0.273. The van der Waals surface area contributed by atoms with E-state index in [0.29, 0.717) is 35.4 Å². The molecule has 0 saturated heterocycles. The summed E-state index contributed by atoms with van der Waals surface area (Å²) in [5.74, 6) is -0.0421. The predicted octanol–water partition coefficient (Wildman–Crippen LogP) is 2.32. The number of nitrogens with one attached hydrogen (secondary N) is 1. The molecule has 2 rings (SSSR count). The normalized spacial score (nSPS) is 10.8. The second kappa shape index (κ2) is 4.53. The van der Waals surface area contributed by atoms with Gasteiger partial charge in [0.25, 0.3) is 0 Å². The van der Waals surface area contributed by atoms with E-state index in [1.165, 1.54) is 0 Å². The molecule has 0 saturated carbocycles. The zero-order chi connectivity index (χ0) is 11.5. The quantitative estimate of drug-likeness (QED) is 0.658. The van der Waals surface area contributed by atoms with Gasteiger partial charge in [-0.25, -0.2) is 4.79 Å². The number of aromatic amines is 1. The summed E-state index contributed by atoms with van der Waals surface area (Å²) < 4.78 is 4.87. The topological polar surface area (TPSA) is 63.1 Å². The highest BCUT2D eigenvalue weighted by molar-refractivity contribution is 6.18. The lowest BCUT2D eigenvalue weighted by Gasteiger charge is -1.98. The molecule has 1 heterocycles. The van der Waals surface area contributed by atoms with Crippen LogP contribution in [0, 0.1) is 0 Å². The van der Waals surface area contributed by atoms with E-state index in [-0.39, 0.29) is 5.78 Å². The first-order valence-corrected chi connectivity index (χ1v) is 5.46. The number of carbonyl (C=O) groups excluding carboxylic acids is 1. The van der Waals surface area contributed by atoms with Gasteiger partial charge in [0, 0.05) is 17.9 Å². The SMILES string of the molecule is O=C(CCCCl)c1ccc2[nH]c(=O)oc2c1. The lowest BCUT2D eigenvalue weighted by atomic mass is 10.1. The number of carbonyl (C=O) groups is 1. The molecule has 0 amide bonds. The fourth-order valence-electron chi connectivity index (χ4n) is 1.49. The summed E-state index contributed by atoms with van der Waals surface area (Å²) in [6.45, 7) is 0. The molecule has 0 spiro atoms. The number of fused-ring (bicyclic) bond motifs is 1. The molecule has 0 aliphatic rings. The maximum absolute atomic E-state index is 11.7. The van der Waals surface area contributed by atoms with Gasteiger partial charge in [0.1, 0.15) is 0 Å². The molecule has 0 fully saturated rings. The van der Waals surface area contributed by atoms with Crippen LogP contribution < -0.4 is 5.76 Å². The van der Waals surface area contributed by atoms with Crippen LogP contribution in [0.3, 0.4) is 0 Å². The number of ketones is 1. The molecule has 2 aromatic rings. The highest BCUT2D eigenvalue weighted by Gasteiger charge is 2.08. The zero-order valence-corrected chi connectivity index (χ0v) is 9.21. The minimum Gasteiger partial charge on any atom is -0.408 e. The molecule has 1 aromatic carbocycles. The molecular weight excluding hydrogens is 230 g/mol. The van der Waals surface area contributed by atoms with Crippen LogP contribution in [0.15, 0.2) is 27.4 Å². The fourth-order valence-corrected chi connectivity index (χ4v) is 1.62. The van der Waals surface area contributed by atoms with Crippen molar-refractivity contribution >= 4 is 28.5 Å². The number of hydrogen-bond acceptors (Lipinski definition) is 3. The van der Waals surface area contributed by atoms with Gasteiger partial charge in [0.15, 0.2) is 11.4 Å². The van der Waals surface area contributed by atoms with Crippen molar-refractivity contribution in [2.75, 3.05) is 5.88 Å². The Morgan fingerprint density at radius 1 is 1.44 bits per heavy atom. The van der Waals surface area contributed by atoms with Crippen LogP contribution in [0.25, 0.3) is 11.1 Å². The van der Waals surface area contributed by atoms with Gasteiger partial charge >= 0.3 is 5.76 Å². The number of hydrogen-bond donors (Lipinski definition) is 1. The van der Waals surface area contributed by atoms with Gasteiger partial charge < -0.3 is 4.42 Å². The molecule has 4 nitrogen and oxygen atoms in total. The summed E-state index contributed by atoms with van der Waals surface area (Å²) in [5.41, 5.74) is 1.54. The average molecular weight is 240 g/mol. The van der Waals surface area contributed by atoms with Crippen molar-refractivity contribution in [1.29, 1.82) is 0 Å². The van der Waals surface area contributed by atoms with Gasteiger partial charge in [-0.15, -0.1) is 11.6 Å². The van der Waals surface area contributed by atoms with E-state index in [9.17, 15) is 9.59 Å². The minimum atomic E-state index is -0.514. The van der Waals surface area contributed by atoms with E-state index in [4.69, 9.17) is 16.0 Å². The lowest BCUT2D eigenvalue weighted by Crippen LogP contribution is -1.98. The Balaban J connectivity index is 2.31. The monoisotopic (exact) mass is 239 g/mol. The maximum Gasteiger partial charge on any atom is 0.417 e. The Morgan fingerprint density at radius 3 is 3.00 bits per heavy atom. The number of benzene rings is 1. The zero-order valence-electron chi connectivity index (χ0n) is 8.46. The third-order valence-electron chi connectivity index (χ3n) is 2.28.